The summed E-state index contributed by atoms with van der Waals surface area (Å²) in [6.07, 6.45) is 8.04. The maximum absolute atomic E-state index is 10.0. The van der Waals surface area contributed by atoms with E-state index in [1.165, 1.54) is 38.5 Å². The Labute approximate surface area is 105 Å². The Kier molecular flexibility index (Phi) is 4.83. The Morgan fingerprint density at radius 3 is 2.29 bits per heavy atom. The molecule has 17 heavy (non-hydrogen) atoms. The average molecular weight is 241 g/mol. The summed E-state index contributed by atoms with van der Waals surface area (Å²) in [7, 11) is 0. The smallest absolute Gasteiger partial charge is 0.0976 e. The van der Waals surface area contributed by atoms with Gasteiger partial charge < -0.3 is 9.84 Å². The van der Waals surface area contributed by atoms with E-state index < -0.39 is 0 Å². The number of hydrogen-bond donors (Lipinski definition) is 1. The molecule has 100 valence electrons. The van der Waals surface area contributed by atoms with Crippen LogP contribution in [0.3, 0.4) is 0 Å². The van der Waals surface area contributed by atoms with Crippen LogP contribution >= 0.6 is 0 Å². The molecule has 0 radical (unpaired) electrons. The van der Waals surface area contributed by atoms with Gasteiger partial charge in [-0.3, -0.25) is 4.90 Å². The normalized spacial score (nSPS) is 33.2. The highest BCUT2D eigenvalue weighted by molar-refractivity contribution is 4.89. The largest absolute Gasteiger partial charge is 0.389 e. The molecule has 1 heterocycles. The van der Waals surface area contributed by atoms with Crippen molar-refractivity contribution in [1.82, 2.24) is 4.90 Å². The summed E-state index contributed by atoms with van der Waals surface area (Å²) in [4.78, 5) is 2.46. The third kappa shape index (κ3) is 3.67. The monoisotopic (exact) mass is 241 g/mol. The van der Waals surface area contributed by atoms with Crippen LogP contribution in [0.2, 0.25) is 0 Å². The van der Waals surface area contributed by atoms with E-state index in [1.54, 1.807) is 0 Å². The molecule has 0 bridgehead atoms. The summed E-state index contributed by atoms with van der Waals surface area (Å²) in [5, 5.41) is 10.0. The van der Waals surface area contributed by atoms with Gasteiger partial charge in [0.2, 0.25) is 0 Å². The van der Waals surface area contributed by atoms with Crippen molar-refractivity contribution in [2.45, 2.75) is 76.7 Å². The highest BCUT2D eigenvalue weighted by Gasteiger charge is 2.36. The summed E-state index contributed by atoms with van der Waals surface area (Å²) in [5.41, 5.74) is 0. The third-order valence-electron chi connectivity index (χ3n) is 4.05. The van der Waals surface area contributed by atoms with Gasteiger partial charge in [-0.05, 0) is 26.7 Å². The minimum absolute atomic E-state index is 0.0262. The first kappa shape index (κ1) is 13.3. The molecule has 3 nitrogen and oxygen atoms in total. The van der Waals surface area contributed by atoms with Crippen LogP contribution < -0.4 is 0 Å². The van der Waals surface area contributed by atoms with E-state index >= 15 is 0 Å². The summed E-state index contributed by atoms with van der Waals surface area (Å²) in [5.74, 6) is 0. The highest BCUT2D eigenvalue weighted by Crippen LogP contribution is 2.26. The van der Waals surface area contributed by atoms with E-state index in [1.807, 2.05) is 13.8 Å². The lowest BCUT2D eigenvalue weighted by atomic mass is 10.1. The van der Waals surface area contributed by atoms with Crippen molar-refractivity contribution in [1.29, 1.82) is 0 Å². The number of rotatable bonds is 3. The van der Waals surface area contributed by atoms with E-state index in [0.29, 0.717) is 6.04 Å². The Bertz CT molecular complexity index is 224. The molecule has 2 rings (SSSR count). The van der Waals surface area contributed by atoms with Gasteiger partial charge in [-0.2, -0.15) is 0 Å². The molecule has 3 heteroatoms. The Hall–Kier alpha value is -0.120. The van der Waals surface area contributed by atoms with E-state index in [0.717, 1.165) is 13.1 Å². The predicted octanol–water partition coefficient (Wildman–Crippen LogP) is 2.18. The zero-order chi connectivity index (χ0) is 12.3. The molecule has 0 unspecified atom stereocenters. The van der Waals surface area contributed by atoms with Crippen LogP contribution in [0.15, 0.2) is 0 Å². The molecule has 0 spiro atoms. The number of aliphatic hydroxyl groups excluding tert-OH is 1. The van der Waals surface area contributed by atoms with Gasteiger partial charge >= 0.3 is 0 Å². The van der Waals surface area contributed by atoms with Crippen LogP contribution in [0, 0.1) is 0 Å². The number of hydrogen-bond acceptors (Lipinski definition) is 3. The van der Waals surface area contributed by atoms with Gasteiger partial charge in [0, 0.05) is 19.1 Å². The molecule has 0 amide bonds. The van der Waals surface area contributed by atoms with E-state index in [9.17, 15) is 5.11 Å². The Balaban J connectivity index is 1.86. The molecule has 0 aromatic heterocycles. The number of ether oxygens (including phenoxy) is 1. The van der Waals surface area contributed by atoms with Crippen molar-refractivity contribution in [2.75, 3.05) is 13.1 Å². The lowest BCUT2D eigenvalue weighted by molar-refractivity contribution is -0.0398. The van der Waals surface area contributed by atoms with Crippen LogP contribution in [0.4, 0.5) is 0 Å². The minimum atomic E-state index is -0.291. The van der Waals surface area contributed by atoms with E-state index in [-0.39, 0.29) is 18.3 Å². The third-order valence-corrected chi connectivity index (χ3v) is 4.05. The lowest BCUT2D eigenvalue weighted by Gasteiger charge is -2.26. The molecule has 0 aromatic carbocycles. The lowest BCUT2D eigenvalue weighted by Crippen LogP contribution is -2.34. The van der Waals surface area contributed by atoms with Gasteiger partial charge in [0.25, 0.3) is 0 Å². The molecule has 0 aromatic rings. The van der Waals surface area contributed by atoms with Crippen molar-refractivity contribution < 1.29 is 9.84 Å². The molecule has 2 fully saturated rings. The second-order valence-corrected chi connectivity index (χ2v) is 5.89. The maximum Gasteiger partial charge on any atom is 0.0976 e. The second kappa shape index (κ2) is 6.17. The van der Waals surface area contributed by atoms with E-state index in [4.69, 9.17) is 4.74 Å². The molecule has 2 atom stereocenters. The number of likely N-dealkylation sites (tertiary alicyclic amines) is 1. The SMILES string of the molecule is CC(C)O[C@H]1CN(C2CCCCCC2)C[C@@H]1O. The quantitative estimate of drug-likeness (QED) is 0.769. The Morgan fingerprint density at radius 2 is 1.71 bits per heavy atom. The number of aliphatic hydroxyl groups is 1. The van der Waals surface area contributed by atoms with Crippen molar-refractivity contribution in [3.8, 4) is 0 Å². The topological polar surface area (TPSA) is 32.7 Å². The first-order valence-corrected chi connectivity index (χ1v) is 7.24. The summed E-state index contributed by atoms with van der Waals surface area (Å²) >= 11 is 0. The van der Waals surface area contributed by atoms with Gasteiger partial charge in [0.15, 0.2) is 0 Å². The van der Waals surface area contributed by atoms with E-state index in [2.05, 4.69) is 4.90 Å². The van der Waals surface area contributed by atoms with Gasteiger partial charge in [-0.15, -0.1) is 0 Å². The second-order valence-electron chi connectivity index (χ2n) is 5.89. The highest BCUT2D eigenvalue weighted by atomic mass is 16.5. The van der Waals surface area contributed by atoms with Crippen molar-refractivity contribution in [2.24, 2.45) is 0 Å². The molecular weight excluding hydrogens is 214 g/mol. The van der Waals surface area contributed by atoms with Crippen LogP contribution in [0.1, 0.15) is 52.4 Å². The van der Waals surface area contributed by atoms with Gasteiger partial charge in [0.1, 0.15) is 0 Å². The molecular formula is C14H27NO2. The maximum atomic E-state index is 10.0. The van der Waals surface area contributed by atoms with Gasteiger partial charge in [-0.25, -0.2) is 0 Å². The van der Waals surface area contributed by atoms with Crippen LogP contribution in [-0.2, 0) is 4.74 Å². The fourth-order valence-corrected chi connectivity index (χ4v) is 3.19. The number of β-amino-alcohol motifs (C(OH)–C–C–N with tert-alkyl or cyclic N) is 1. The van der Waals surface area contributed by atoms with Gasteiger partial charge in [-0.1, -0.05) is 25.7 Å². The van der Waals surface area contributed by atoms with Gasteiger partial charge in [0.05, 0.1) is 18.3 Å². The average Bonchev–Trinajstić information content (AvgIpc) is 2.54. The van der Waals surface area contributed by atoms with Crippen LogP contribution in [-0.4, -0.2) is 47.4 Å². The zero-order valence-electron chi connectivity index (χ0n) is 11.3. The molecule has 1 aliphatic heterocycles. The molecule has 1 saturated heterocycles. The molecule has 1 saturated carbocycles. The Morgan fingerprint density at radius 1 is 1.06 bits per heavy atom. The predicted molar refractivity (Wildman–Crippen MR) is 69.1 cm³/mol. The first-order chi connectivity index (χ1) is 8.16. The van der Waals surface area contributed by atoms with Crippen molar-refractivity contribution in [3.05, 3.63) is 0 Å². The standard InChI is InChI=1S/C14H27NO2/c1-11(2)17-14-10-15(9-13(14)16)12-7-5-3-4-6-8-12/h11-14,16H,3-10H2,1-2H3/t13-,14-/m0/s1. The minimum Gasteiger partial charge on any atom is -0.389 e. The fourth-order valence-electron chi connectivity index (χ4n) is 3.19. The van der Waals surface area contributed by atoms with Crippen molar-refractivity contribution >= 4 is 0 Å². The fraction of sp³-hybridized carbons (Fsp3) is 1.00. The van der Waals surface area contributed by atoms with Crippen LogP contribution in [0.25, 0.3) is 0 Å². The number of nitrogens with zero attached hydrogens (tertiary/aromatic N) is 1. The summed E-state index contributed by atoms with van der Waals surface area (Å²) in [6, 6.07) is 0.688. The zero-order valence-corrected chi connectivity index (χ0v) is 11.3. The summed E-state index contributed by atoms with van der Waals surface area (Å²) in [6.45, 7) is 5.81. The summed E-state index contributed by atoms with van der Waals surface area (Å²) < 4.78 is 5.78. The first-order valence-electron chi connectivity index (χ1n) is 7.24. The van der Waals surface area contributed by atoms with Crippen LogP contribution in [0.5, 0.6) is 0 Å². The van der Waals surface area contributed by atoms with Crippen molar-refractivity contribution in [3.63, 3.8) is 0 Å². The molecule has 2 aliphatic rings. The molecule has 1 aliphatic carbocycles. The molecule has 1 N–H and O–H groups in total.